The number of carbonyl (C=O) groups is 1. The van der Waals surface area contributed by atoms with Gasteiger partial charge < -0.3 is 18.9 Å². The van der Waals surface area contributed by atoms with Crippen molar-refractivity contribution in [1.82, 2.24) is 4.90 Å². The summed E-state index contributed by atoms with van der Waals surface area (Å²) in [7, 11) is 1.56. The van der Waals surface area contributed by atoms with Crippen LogP contribution < -0.4 is 9.47 Å². The van der Waals surface area contributed by atoms with Crippen LogP contribution in [-0.4, -0.2) is 70.5 Å². The Hall–Kier alpha value is -1.34. The molecule has 1 aliphatic rings. The van der Waals surface area contributed by atoms with Crippen LogP contribution in [-0.2, 0) is 9.47 Å². The van der Waals surface area contributed by atoms with E-state index in [1.807, 2.05) is 0 Å². The van der Waals surface area contributed by atoms with Crippen molar-refractivity contribution in [3.8, 4) is 11.5 Å². The smallest absolute Gasteiger partial charge is 0.161 e. The van der Waals surface area contributed by atoms with Gasteiger partial charge in [-0.3, -0.25) is 9.69 Å². The predicted molar refractivity (Wildman–Crippen MR) is 93.8 cm³/mol. The molecule has 1 aliphatic heterocycles. The Balaban J connectivity index is 0.00000288. The number of hydrogen-bond donors (Lipinski definition) is 0. The van der Waals surface area contributed by atoms with Gasteiger partial charge in [-0.05, 0) is 25.1 Å². The fourth-order valence-electron chi connectivity index (χ4n) is 2.34. The number of morpholine rings is 1. The zero-order valence-corrected chi connectivity index (χ0v) is 15.1. The SMILES string of the molecule is COc1cc(C(C)=O)ccc1OCCOCCN1CCOCC1.Cl. The fraction of sp³-hybridized carbons (Fsp3) is 0.588. The molecule has 1 fully saturated rings. The summed E-state index contributed by atoms with van der Waals surface area (Å²) in [6, 6.07) is 5.18. The van der Waals surface area contributed by atoms with E-state index in [4.69, 9.17) is 18.9 Å². The number of nitrogens with zero attached hydrogens (tertiary/aromatic N) is 1. The normalized spacial score (nSPS) is 14.8. The van der Waals surface area contributed by atoms with Crippen LogP contribution in [0.4, 0.5) is 0 Å². The van der Waals surface area contributed by atoms with Crippen molar-refractivity contribution in [2.75, 3.05) is 59.8 Å². The van der Waals surface area contributed by atoms with Crippen molar-refractivity contribution < 1.29 is 23.7 Å². The Morgan fingerprint density at radius 3 is 2.58 bits per heavy atom. The third-order valence-corrected chi connectivity index (χ3v) is 3.71. The van der Waals surface area contributed by atoms with E-state index in [0.29, 0.717) is 36.9 Å². The molecule has 24 heavy (non-hydrogen) atoms. The summed E-state index contributed by atoms with van der Waals surface area (Å²) in [6.07, 6.45) is 0. The summed E-state index contributed by atoms with van der Waals surface area (Å²) in [4.78, 5) is 13.7. The molecule has 0 amide bonds. The molecule has 0 radical (unpaired) electrons. The van der Waals surface area contributed by atoms with Gasteiger partial charge in [0.1, 0.15) is 6.61 Å². The molecule has 0 spiro atoms. The third kappa shape index (κ3) is 6.65. The molecule has 0 N–H and O–H groups in total. The summed E-state index contributed by atoms with van der Waals surface area (Å²) in [5.41, 5.74) is 0.607. The van der Waals surface area contributed by atoms with Crippen LogP contribution in [0.25, 0.3) is 0 Å². The Labute approximate surface area is 149 Å². The molecule has 1 aromatic rings. The molecule has 0 aliphatic carbocycles. The molecule has 0 saturated carbocycles. The second kappa shape index (κ2) is 11.3. The average Bonchev–Trinajstić information content (AvgIpc) is 2.58. The van der Waals surface area contributed by atoms with Gasteiger partial charge in [-0.1, -0.05) is 0 Å². The number of ether oxygens (including phenoxy) is 4. The lowest BCUT2D eigenvalue weighted by Gasteiger charge is -2.26. The highest BCUT2D eigenvalue weighted by Crippen LogP contribution is 2.28. The Morgan fingerprint density at radius 2 is 1.92 bits per heavy atom. The first-order valence-electron chi connectivity index (χ1n) is 7.90. The van der Waals surface area contributed by atoms with Gasteiger partial charge in [0.15, 0.2) is 17.3 Å². The van der Waals surface area contributed by atoms with Crippen molar-refractivity contribution in [2.24, 2.45) is 0 Å². The molecule has 1 aromatic carbocycles. The van der Waals surface area contributed by atoms with E-state index in [0.717, 1.165) is 32.8 Å². The maximum absolute atomic E-state index is 11.4. The number of rotatable bonds is 9. The minimum absolute atomic E-state index is 0. The van der Waals surface area contributed by atoms with Crippen LogP contribution in [0, 0.1) is 0 Å². The average molecular weight is 360 g/mol. The van der Waals surface area contributed by atoms with Gasteiger partial charge in [0.25, 0.3) is 0 Å². The van der Waals surface area contributed by atoms with E-state index in [2.05, 4.69) is 4.90 Å². The lowest BCUT2D eigenvalue weighted by molar-refractivity contribution is 0.0169. The van der Waals surface area contributed by atoms with Gasteiger partial charge in [-0.15, -0.1) is 12.4 Å². The number of halogens is 1. The third-order valence-electron chi connectivity index (χ3n) is 3.71. The number of carbonyl (C=O) groups excluding carboxylic acids is 1. The van der Waals surface area contributed by atoms with Crippen LogP contribution in [0.5, 0.6) is 11.5 Å². The second-order valence-electron chi connectivity index (χ2n) is 5.34. The molecule has 0 atom stereocenters. The number of hydrogen-bond acceptors (Lipinski definition) is 6. The lowest BCUT2D eigenvalue weighted by Crippen LogP contribution is -2.38. The molecule has 7 heteroatoms. The van der Waals surface area contributed by atoms with E-state index in [-0.39, 0.29) is 18.2 Å². The van der Waals surface area contributed by atoms with Gasteiger partial charge in [-0.2, -0.15) is 0 Å². The van der Waals surface area contributed by atoms with Crippen molar-refractivity contribution in [3.63, 3.8) is 0 Å². The van der Waals surface area contributed by atoms with E-state index >= 15 is 0 Å². The van der Waals surface area contributed by atoms with Crippen LogP contribution in [0.1, 0.15) is 17.3 Å². The van der Waals surface area contributed by atoms with Crippen molar-refractivity contribution in [1.29, 1.82) is 0 Å². The predicted octanol–water partition coefficient (Wildman–Crippen LogP) is 2.05. The Morgan fingerprint density at radius 1 is 1.17 bits per heavy atom. The Bertz CT molecular complexity index is 506. The van der Waals surface area contributed by atoms with E-state index in [1.165, 1.54) is 6.92 Å². The minimum atomic E-state index is 0. The van der Waals surface area contributed by atoms with E-state index in [1.54, 1.807) is 25.3 Å². The highest BCUT2D eigenvalue weighted by atomic mass is 35.5. The number of methoxy groups -OCH3 is 1. The molecule has 6 nitrogen and oxygen atoms in total. The zero-order chi connectivity index (χ0) is 16.5. The summed E-state index contributed by atoms with van der Waals surface area (Å²) in [5, 5.41) is 0. The molecule has 136 valence electrons. The summed E-state index contributed by atoms with van der Waals surface area (Å²) in [5.74, 6) is 1.18. The van der Waals surface area contributed by atoms with Crippen LogP contribution in [0.3, 0.4) is 0 Å². The van der Waals surface area contributed by atoms with Gasteiger partial charge in [0, 0.05) is 25.2 Å². The molecule has 1 heterocycles. The fourth-order valence-corrected chi connectivity index (χ4v) is 2.34. The number of ketones is 1. The quantitative estimate of drug-likeness (QED) is 0.497. The first-order chi connectivity index (χ1) is 11.2. The largest absolute Gasteiger partial charge is 0.493 e. The highest BCUT2D eigenvalue weighted by molar-refractivity contribution is 5.94. The second-order valence-corrected chi connectivity index (χ2v) is 5.34. The molecular weight excluding hydrogens is 334 g/mol. The molecular formula is C17H26ClNO5. The van der Waals surface area contributed by atoms with E-state index < -0.39 is 0 Å². The number of Topliss-reactive ketones (excluding diaryl/α,β-unsaturated/α-hetero) is 1. The molecule has 2 rings (SSSR count). The Kier molecular flexibility index (Phi) is 9.71. The van der Waals surface area contributed by atoms with Crippen molar-refractivity contribution in [3.05, 3.63) is 23.8 Å². The van der Waals surface area contributed by atoms with Gasteiger partial charge in [-0.25, -0.2) is 0 Å². The molecule has 0 aromatic heterocycles. The van der Waals surface area contributed by atoms with Crippen LogP contribution in [0.15, 0.2) is 18.2 Å². The monoisotopic (exact) mass is 359 g/mol. The minimum Gasteiger partial charge on any atom is -0.493 e. The first-order valence-corrected chi connectivity index (χ1v) is 7.90. The highest BCUT2D eigenvalue weighted by Gasteiger charge is 2.10. The van der Waals surface area contributed by atoms with Crippen LogP contribution >= 0.6 is 12.4 Å². The van der Waals surface area contributed by atoms with E-state index in [9.17, 15) is 4.79 Å². The lowest BCUT2D eigenvalue weighted by atomic mass is 10.1. The van der Waals surface area contributed by atoms with Crippen LogP contribution in [0.2, 0.25) is 0 Å². The van der Waals surface area contributed by atoms with Crippen molar-refractivity contribution in [2.45, 2.75) is 6.92 Å². The number of benzene rings is 1. The van der Waals surface area contributed by atoms with Crippen molar-refractivity contribution >= 4 is 18.2 Å². The van der Waals surface area contributed by atoms with Gasteiger partial charge in [0.05, 0.1) is 33.5 Å². The molecule has 0 bridgehead atoms. The molecule has 0 unspecified atom stereocenters. The topological polar surface area (TPSA) is 57.2 Å². The zero-order valence-electron chi connectivity index (χ0n) is 14.3. The maximum Gasteiger partial charge on any atom is 0.161 e. The molecule has 1 saturated heterocycles. The summed E-state index contributed by atoms with van der Waals surface area (Å²) < 4.78 is 21.8. The van der Waals surface area contributed by atoms with Gasteiger partial charge >= 0.3 is 0 Å². The first kappa shape index (κ1) is 20.7. The standard InChI is InChI=1S/C17H25NO5.ClH/c1-14(19)15-3-4-16(17(13-15)20-2)23-12-11-22-10-7-18-5-8-21-9-6-18;/h3-4,13H,5-12H2,1-2H3;1H. The maximum atomic E-state index is 11.4. The summed E-state index contributed by atoms with van der Waals surface area (Å²) in [6.45, 7) is 7.64. The van der Waals surface area contributed by atoms with Gasteiger partial charge in [0.2, 0.25) is 0 Å². The summed E-state index contributed by atoms with van der Waals surface area (Å²) >= 11 is 0.